The Labute approximate surface area is 238 Å². The van der Waals surface area contributed by atoms with E-state index in [2.05, 4.69) is 15.6 Å². The Morgan fingerprint density at radius 2 is 1.85 bits per heavy atom. The highest BCUT2D eigenvalue weighted by Gasteiger charge is 2.59. The number of carboxylic acid groups (broad SMARTS) is 1. The number of ketones is 1. The quantitative estimate of drug-likeness (QED) is 0.0555. The summed E-state index contributed by atoms with van der Waals surface area (Å²) in [5, 5.41) is 26.9. The SMILES string of the molecule is NC(N)=NCCCC(C(=O)O)(C(=O)C(N)CO)N(C(=O)C1CC2CCCCC2N1)C(=O)C1NCCc2ccccc21. The van der Waals surface area contributed by atoms with E-state index in [1.165, 1.54) is 0 Å². The number of nitrogens with two attached hydrogens (primary N) is 3. The maximum Gasteiger partial charge on any atom is 0.338 e. The van der Waals surface area contributed by atoms with Crippen LogP contribution in [-0.4, -0.2) is 88.0 Å². The zero-order valence-corrected chi connectivity index (χ0v) is 23.1. The second-order valence-corrected chi connectivity index (χ2v) is 11.2. The molecule has 2 amide bonds. The van der Waals surface area contributed by atoms with Crippen molar-refractivity contribution in [3.63, 3.8) is 0 Å². The molecule has 2 aliphatic heterocycles. The van der Waals surface area contributed by atoms with Gasteiger partial charge in [0.1, 0.15) is 6.04 Å². The normalized spacial score (nSPS) is 25.6. The second kappa shape index (κ2) is 13.1. The van der Waals surface area contributed by atoms with Gasteiger partial charge in [0.05, 0.1) is 18.7 Å². The van der Waals surface area contributed by atoms with E-state index in [1.54, 1.807) is 12.1 Å². The van der Waals surface area contributed by atoms with Crippen molar-refractivity contribution in [2.24, 2.45) is 28.1 Å². The molecule has 13 nitrogen and oxygen atoms in total. The highest BCUT2D eigenvalue weighted by atomic mass is 16.4. The lowest BCUT2D eigenvalue weighted by Crippen LogP contribution is -2.70. The van der Waals surface area contributed by atoms with Crippen LogP contribution in [0.1, 0.15) is 62.1 Å². The van der Waals surface area contributed by atoms with Crippen LogP contribution in [0, 0.1) is 5.92 Å². The van der Waals surface area contributed by atoms with Gasteiger partial charge in [0.2, 0.25) is 11.4 Å². The van der Waals surface area contributed by atoms with Crippen LogP contribution in [0.2, 0.25) is 0 Å². The smallest absolute Gasteiger partial charge is 0.338 e. The molecule has 2 fully saturated rings. The molecule has 1 aliphatic carbocycles. The average molecular weight is 572 g/mol. The number of aliphatic hydroxyl groups is 1. The number of rotatable bonds is 11. The summed E-state index contributed by atoms with van der Waals surface area (Å²) in [6.07, 6.45) is 4.35. The Hall–Kier alpha value is -3.39. The third-order valence-corrected chi connectivity index (χ3v) is 8.63. The van der Waals surface area contributed by atoms with Crippen molar-refractivity contribution in [3.8, 4) is 0 Å². The molecule has 6 unspecified atom stereocenters. The maximum atomic E-state index is 14.5. The third kappa shape index (κ3) is 6.13. The van der Waals surface area contributed by atoms with E-state index in [-0.39, 0.29) is 30.9 Å². The molecule has 0 aromatic heterocycles. The molecule has 3 aliphatic rings. The summed E-state index contributed by atoms with van der Waals surface area (Å²) >= 11 is 0. The summed E-state index contributed by atoms with van der Waals surface area (Å²) in [4.78, 5) is 60.5. The van der Waals surface area contributed by atoms with Gasteiger partial charge in [-0.2, -0.15) is 0 Å². The summed E-state index contributed by atoms with van der Waals surface area (Å²) in [6.45, 7) is -0.504. The molecule has 1 saturated heterocycles. The minimum atomic E-state index is -2.70. The van der Waals surface area contributed by atoms with Crippen LogP contribution in [-0.2, 0) is 25.6 Å². The predicted octanol–water partition coefficient (Wildman–Crippen LogP) is -1.08. The minimum absolute atomic E-state index is 0.0500. The summed E-state index contributed by atoms with van der Waals surface area (Å²) in [6, 6.07) is 3.71. The molecular formula is C28H41N7O6. The highest BCUT2D eigenvalue weighted by Crippen LogP contribution is 2.37. The van der Waals surface area contributed by atoms with E-state index >= 15 is 0 Å². The van der Waals surface area contributed by atoms with E-state index in [1.807, 2.05) is 12.1 Å². The molecule has 10 N–H and O–H groups in total. The van der Waals surface area contributed by atoms with Gasteiger partial charge in [0, 0.05) is 19.1 Å². The molecule has 224 valence electrons. The van der Waals surface area contributed by atoms with E-state index in [0.29, 0.717) is 29.8 Å². The fourth-order valence-corrected chi connectivity index (χ4v) is 6.59. The van der Waals surface area contributed by atoms with Crippen LogP contribution in [0.15, 0.2) is 29.3 Å². The molecule has 2 heterocycles. The molecule has 6 atom stereocenters. The Bertz CT molecular complexity index is 1170. The van der Waals surface area contributed by atoms with E-state index in [9.17, 15) is 29.4 Å². The van der Waals surface area contributed by atoms with Crippen molar-refractivity contribution in [2.75, 3.05) is 19.7 Å². The van der Waals surface area contributed by atoms with Gasteiger partial charge in [0.15, 0.2) is 11.7 Å². The first-order chi connectivity index (χ1) is 19.6. The number of carboxylic acids is 1. The van der Waals surface area contributed by atoms with Crippen molar-refractivity contribution in [2.45, 2.75) is 81.1 Å². The Kier molecular flexibility index (Phi) is 9.74. The Balaban J connectivity index is 1.82. The number of nitrogens with zero attached hydrogens (tertiary/aromatic N) is 2. The van der Waals surface area contributed by atoms with Crippen molar-refractivity contribution >= 4 is 29.5 Å². The van der Waals surface area contributed by atoms with Crippen LogP contribution >= 0.6 is 0 Å². The number of hydrogen-bond acceptors (Lipinski definition) is 9. The molecule has 4 rings (SSSR count). The standard InChI is InChI=1S/C28H41N7O6/c29-19(15-36)23(37)28(26(40)41,11-5-12-33-27(30)31)35(24(38)21-14-17-7-2-4-9-20(17)34-21)25(39)22-18-8-3-1-6-16(18)10-13-32-22/h1,3,6,8,17,19-22,32,34,36H,2,4-5,7,9-15,29H2,(H,40,41)(H4,30,31,33). The van der Waals surface area contributed by atoms with Gasteiger partial charge in [-0.3, -0.25) is 24.3 Å². The Morgan fingerprint density at radius 1 is 1.12 bits per heavy atom. The zero-order valence-electron chi connectivity index (χ0n) is 23.1. The lowest BCUT2D eigenvalue weighted by atomic mass is 9.81. The first kappa shape index (κ1) is 30.6. The van der Waals surface area contributed by atoms with Gasteiger partial charge in [-0.1, -0.05) is 37.1 Å². The summed E-state index contributed by atoms with van der Waals surface area (Å²) < 4.78 is 0. The molecule has 1 saturated carbocycles. The highest BCUT2D eigenvalue weighted by molar-refractivity contribution is 6.17. The van der Waals surface area contributed by atoms with Crippen LogP contribution in [0.3, 0.4) is 0 Å². The fraction of sp³-hybridized carbons (Fsp3) is 0.607. The number of aliphatic carboxylic acids is 1. The average Bonchev–Trinajstić information content (AvgIpc) is 3.41. The van der Waals surface area contributed by atoms with Crippen LogP contribution in [0.5, 0.6) is 0 Å². The number of benzene rings is 1. The molecule has 1 aromatic carbocycles. The lowest BCUT2D eigenvalue weighted by Gasteiger charge is -2.42. The number of nitrogens with one attached hydrogen (secondary N) is 2. The van der Waals surface area contributed by atoms with Gasteiger partial charge < -0.3 is 38.0 Å². The zero-order chi connectivity index (χ0) is 29.7. The molecule has 0 spiro atoms. The monoisotopic (exact) mass is 571 g/mol. The molecule has 0 bridgehead atoms. The van der Waals surface area contributed by atoms with Gasteiger partial charge >= 0.3 is 5.97 Å². The fourth-order valence-electron chi connectivity index (χ4n) is 6.59. The minimum Gasteiger partial charge on any atom is -0.479 e. The molecule has 41 heavy (non-hydrogen) atoms. The molecule has 13 heteroatoms. The van der Waals surface area contributed by atoms with Gasteiger partial charge in [-0.15, -0.1) is 0 Å². The summed E-state index contributed by atoms with van der Waals surface area (Å²) in [5.74, 6) is -4.52. The van der Waals surface area contributed by atoms with Crippen LogP contribution in [0.4, 0.5) is 0 Å². The van der Waals surface area contributed by atoms with Crippen molar-refractivity contribution in [1.82, 2.24) is 15.5 Å². The number of aliphatic imine (C=N–C) groups is 1. The summed E-state index contributed by atoms with van der Waals surface area (Å²) in [5.41, 5.74) is 15.6. The number of aliphatic hydroxyl groups excluding tert-OH is 1. The van der Waals surface area contributed by atoms with Crippen LogP contribution < -0.4 is 27.8 Å². The van der Waals surface area contributed by atoms with Crippen molar-refractivity contribution in [3.05, 3.63) is 35.4 Å². The first-order valence-electron chi connectivity index (χ1n) is 14.3. The molecular weight excluding hydrogens is 530 g/mol. The number of amides is 2. The first-order valence-corrected chi connectivity index (χ1v) is 14.3. The number of guanidine groups is 1. The third-order valence-electron chi connectivity index (χ3n) is 8.63. The van der Waals surface area contributed by atoms with E-state index < -0.39 is 60.3 Å². The van der Waals surface area contributed by atoms with Crippen LogP contribution in [0.25, 0.3) is 0 Å². The second-order valence-electron chi connectivity index (χ2n) is 11.2. The van der Waals surface area contributed by atoms with Gasteiger partial charge in [0.25, 0.3) is 5.91 Å². The van der Waals surface area contributed by atoms with E-state index in [4.69, 9.17) is 17.2 Å². The number of fused-ring (bicyclic) bond motifs is 2. The van der Waals surface area contributed by atoms with Crippen molar-refractivity contribution in [1.29, 1.82) is 0 Å². The number of imide groups is 1. The number of carbonyl (C=O) groups is 4. The number of Topliss-reactive ketones (excluding diaryl/α,β-unsaturated/α-hetero) is 1. The predicted molar refractivity (Wildman–Crippen MR) is 150 cm³/mol. The molecule has 1 aromatic rings. The van der Waals surface area contributed by atoms with Crippen molar-refractivity contribution < 1.29 is 29.4 Å². The van der Waals surface area contributed by atoms with Gasteiger partial charge in [-0.05, 0) is 55.6 Å². The summed E-state index contributed by atoms with van der Waals surface area (Å²) in [7, 11) is 0. The number of carbonyl (C=O) groups excluding carboxylic acids is 3. The maximum absolute atomic E-state index is 14.5. The van der Waals surface area contributed by atoms with Gasteiger partial charge in [-0.25, -0.2) is 4.79 Å². The molecule has 0 radical (unpaired) electrons. The lowest BCUT2D eigenvalue weighted by molar-refractivity contribution is -0.173. The number of hydrogen-bond donors (Lipinski definition) is 7. The Morgan fingerprint density at radius 3 is 2.54 bits per heavy atom. The van der Waals surface area contributed by atoms with E-state index in [0.717, 1.165) is 31.2 Å². The largest absolute Gasteiger partial charge is 0.479 e. The topological polar surface area (TPSA) is 226 Å².